The first-order valence-electron chi connectivity index (χ1n) is 8.26. The molecule has 0 spiro atoms. The van der Waals surface area contributed by atoms with E-state index in [2.05, 4.69) is 20.5 Å². The highest BCUT2D eigenvalue weighted by Gasteiger charge is 2.26. The number of H-pyrrole nitrogens is 2. The number of aromatic nitrogens is 3. The summed E-state index contributed by atoms with van der Waals surface area (Å²) in [4.78, 5) is 27.6. The van der Waals surface area contributed by atoms with Gasteiger partial charge in [-0.15, -0.1) is 0 Å². The minimum absolute atomic E-state index is 0.119. The van der Waals surface area contributed by atoms with E-state index in [1.165, 1.54) is 0 Å². The summed E-state index contributed by atoms with van der Waals surface area (Å²) in [6.07, 6.45) is 3.88. The highest BCUT2D eigenvalue weighted by Crippen LogP contribution is 2.39. The van der Waals surface area contributed by atoms with Crippen LogP contribution in [0.4, 0.5) is 5.82 Å². The van der Waals surface area contributed by atoms with Gasteiger partial charge in [0.05, 0.1) is 0 Å². The van der Waals surface area contributed by atoms with Crippen LogP contribution in [0.25, 0.3) is 0 Å². The number of nitrogens with one attached hydrogen (secondary N) is 3. The van der Waals surface area contributed by atoms with Crippen molar-refractivity contribution in [3.05, 3.63) is 70.7 Å². The van der Waals surface area contributed by atoms with Crippen molar-refractivity contribution in [2.45, 2.75) is 25.7 Å². The van der Waals surface area contributed by atoms with Gasteiger partial charge < -0.3 is 10.3 Å². The number of hydrogen-bond acceptors (Lipinski definition) is 3. The summed E-state index contributed by atoms with van der Waals surface area (Å²) in [7, 11) is 0. The number of carbonyl (C=O) groups excluding carboxylic acids is 2. The Bertz CT molecular complexity index is 933. The second-order valence-electron chi connectivity index (χ2n) is 6.43. The molecular formula is C19H18N4O2. The molecule has 6 nitrogen and oxygen atoms in total. The van der Waals surface area contributed by atoms with Crippen molar-refractivity contribution in [1.29, 1.82) is 0 Å². The van der Waals surface area contributed by atoms with Crippen LogP contribution in [0.2, 0.25) is 0 Å². The van der Waals surface area contributed by atoms with Gasteiger partial charge in [-0.3, -0.25) is 14.7 Å². The van der Waals surface area contributed by atoms with Crippen molar-refractivity contribution >= 4 is 17.5 Å². The van der Waals surface area contributed by atoms with Gasteiger partial charge >= 0.3 is 0 Å². The lowest BCUT2D eigenvalue weighted by Gasteiger charge is -1.99. The molecule has 3 aromatic rings. The molecule has 0 aliphatic heterocycles. The number of nitrogens with zero attached hydrogens (tertiary/aromatic N) is 1. The summed E-state index contributed by atoms with van der Waals surface area (Å²) < 4.78 is 0. The van der Waals surface area contributed by atoms with E-state index in [1.807, 2.05) is 25.1 Å². The first-order valence-corrected chi connectivity index (χ1v) is 8.26. The first-order chi connectivity index (χ1) is 12.1. The van der Waals surface area contributed by atoms with E-state index in [-0.39, 0.29) is 11.7 Å². The molecule has 1 aromatic carbocycles. The molecule has 0 radical (unpaired) electrons. The molecule has 6 heteroatoms. The van der Waals surface area contributed by atoms with E-state index >= 15 is 0 Å². The molecule has 1 fully saturated rings. The van der Waals surface area contributed by atoms with Gasteiger partial charge in [-0.1, -0.05) is 29.8 Å². The fourth-order valence-electron chi connectivity index (χ4n) is 2.72. The number of ketones is 1. The van der Waals surface area contributed by atoms with Gasteiger partial charge in [0.15, 0.2) is 11.6 Å². The third-order valence-electron chi connectivity index (χ3n) is 4.36. The quantitative estimate of drug-likeness (QED) is 0.625. The highest BCUT2D eigenvalue weighted by atomic mass is 16.2. The number of carbonyl (C=O) groups is 2. The van der Waals surface area contributed by atoms with Crippen LogP contribution in [0.3, 0.4) is 0 Å². The van der Waals surface area contributed by atoms with E-state index in [0.29, 0.717) is 28.6 Å². The van der Waals surface area contributed by atoms with Gasteiger partial charge in [0.25, 0.3) is 5.91 Å². The van der Waals surface area contributed by atoms with Crippen LogP contribution in [0.15, 0.2) is 42.6 Å². The van der Waals surface area contributed by atoms with Crippen molar-refractivity contribution in [1.82, 2.24) is 15.2 Å². The molecule has 0 unspecified atom stereocenters. The zero-order chi connectivity index (χ0) is 17.4. The minimum atomic E-state index is -0.322. The smallest absolute Gasteiger partial charge is 0.273 e. The van der Waals surface area contributed by atoms with E-state index < -0.39 is 0 Å². The van der Waals surface area contributed by atoms with Gasteiger partial charge in [0.2, 0.25) is 0 Å². The maximum Gasteiger partial charge on any atom is 0.273 e. The van der Waals surface area contributed by atoms with Crippen LogP contribution in [-0.2, 0) is 0 Å². The Hall–Kier alpha value is -3.15. The monoisotopic (exact) mass is 334 g/mol. The standard InChI is InChI=1S/C19H18N4O2/c1-11-2-4-13(5-3-11)18(24)14-8-16(20-10-14)19(25)21-17-9-15(22-23-17)12-6-7-12/h2-5,8-10,12,20H,6-7H2,1H3,(H2,21,22,23,25). The van der Waals surface area contributed by atoms with Crippen LogP contribution in [0.5, 0.6) is 0 Å². The molecule has 3 N–H and O–H groups in total. The number of benzene rings is 1. The van der Waals surface area contributed by atoms with Gasteiger partial charge in [0.1, 0.15) is 5.69 Å². The number of amides is 1. The van der Waals surface area contributed by atoms with Crippen LogP contribution < -0.4 is 5.32 Å². The summed E-state index contributed by atoms with van der Waals surface area (Å²) >= 11 is 0. The molecule has 1 aliphatic rings. The summed E-state index contributed by atoms with van der Waals surface area (Å²) in [5, 5.41) is 9.78. The van der Waals surface area contributed by atoms with Crippen LogP contribution >= 0.6 is 0 Å². The number of aryl methyl sites for hydroxylation is 1. The fraction of sp³-hybridized carbons (Fsp3) is 0.211. The van der Waals surface area contributed by atoms with Crippen molar-refractivity contribution in [2.24, 2.45) is 0 Å². The maximum atomic E-state index is 12.5. The van der Waals surface area contributed by atoms with E-state index in [0.717, 1.165) is 24.1 Å². The Morgan fingerprint density at radius 3 is 2.60 bits per heavy atom. The Morgan fingerprint density at radius 2 is 1.88 bits per heavy atom. The topological polar surface area (TPSA) is 90.6 Å². The Kier molecular flexibility index (Phi) is 3.72. The highest BCUT2D eigenvalue weighted by molar-refractivity contribution is 6.11. The van der Waals surface area contributed by atoms with E-state index in [9.17, 15) is 9.59 Å². The number of rotatable bonds is 5. The Balaban J connectivity index is 1.46. The van der Waals surface area contributed by atoms with E-state index in [4.69, 9.17) is 0 Å². The number of hydrogen-bond donors (Lipinski definition) is 3. The summed E-state index contributed by atoms with van der Waals surface area (Å²) in [5.74, 6) is 0.596. The van der Waals surface area contributed by atoms with Crippen LogP contribution in [0.1, 0.15) is 56.4 Å². The number of anilines is 1. The molecule has 1 saturated carbocycles. The predicted molar refractivity (Wildman–Crippen MR) is 93.9 cm³/mol. The average molecular weight is 334 g/mol. The van der Waals surface area contributed by atoms with E-state index in [1.54, 1.807) is 24.4 Å². The van der Waals surface area contributed by atoms with Gasteiger partial charge in [0, 0.05) is 35.0 Å². The van der Waals surface area contributed by atoms with Crippen LogP contribution in [-0.4, -0.2) is 26.9 Å². The molecule has 0 bridgehead atoms. The normalized spacial score (nSPS) is 13.6. The first kappa shape index (κ1) is 15.4. The largest absolute Gasteiger partial charge is 0.356 e. The molecule has 2 heterocycles. The third kappa shape index (κ3) is 3.24. The molecule has 4 rings (SSSR count). The van der Waals surface area contributed by atoms with Crippen molar-refractivity contribution in [3.8, 4) is 0 Å². The lowest BCUT2D eigenvalue weighted by molar-refractivity contribution is 0.102. The van der Waals surface area contributed by atoms with Crippen molar-refractivity contribution in [3.63, 3.8) is 0 Å². The molecule has 0 atom stereocenters. The Labute approximate surface area is 144 Å². The van der Waals surface area contributed by atoms with Crippen LogP contribution in [0, 0.1) is 6.92 Å². The summed E-state index contributed by atoms with van der Waals surface area (Å²) in [5.41, 5.74) is 3.52. The maximum absolute atomic E-state index is 12.5. The second-order valence-corrected chi connectivity index (χ2v) is 6.43. The molecule has 1 aliphatic carbocycles. The zero-order valence-corrected chi connectivity index (χ0v) is 13.8. The lowest BCUT2D eigenvalue weighted by atomic mass is 10.0. The Morgan fingerprint density at radius 1 is 1.12 bits per heavy atom. The molecular weight excluding hydrogens is 316 g/mol. The molecule has 2 aromatic heterocycles. The second kappa shape index (κ2) is 6.05. The molecule has 126 valence electrons. The SMILES string of the molecule is Cc1ccc(C(=O)c2c[nH]c(C(=O)Nc3cc(C4CC4)[nH]n3)c2)cc1. The van der Waals surface area contributed by atoms with Gasteiger partial charge in [-0.25, -0.2) is 0 Å². The van der Waals surface area contributed by atoms with Gasteiger partial charge in [-0.05, 0) is 25.8 Å². The molecule has 25 heavy (non-hydrogen) atoms. The predicted octanol–water partition coefficient (Wildman–Crippen LogP) is 3.41. The van der Waals surface area contributed by atoms with Gasteiger partial charge in [-0.2, -0.15) is 5.10 Å². The van der Waals surface area contributed by atoms with Crippen molar-refractivity contribution < 1.29 is 9.59 Å². The lowest BCUT2D eigenvalue weighted by Crippen LogP contribution is -2.12. The summed E-state index contributed by atoms with van der Waals surface area (Å²) in [6.45, 7) is 1.97. The number of aromatic amines is 2. The zero-order valence-electron chi connectivity index (χ0n) is 13.8. The van der Waals surface area contributed by atoms with Crippen molar-refractivity contribution in [2.75, 3.05) is 5.32 Å². The fourth-order valence-corrected chi connectivity index (χ4v) is 2.72. The third-order valence-corrected chi connectivity index (χ3v) is 4.36. The minimum Gasteiger partial charge on any atom is -0.356 e. The molecule has 0 saturated heterocycles. The molecule has 1 amide bonds. The summed E-state index contributed by atoms with van der Waals surface area (Å²) in [6, 6.07) is 10.8. The average Bonchev–Trinajstić information content (AvgIpc) is 3.16.